The quantitative estimate of drug-likeness (QED) is 0.864. The van der Waals surface area contributed by atoms with E-state index in [2.05, 4.69) is 5.32 Å². The second kappa shape index (κ2) is 7.25. The first-order chi connectivity index (χ1) is 11.3. The fraction of sp³-hybridized carbons (Fsp3) is 0.235. The van der Waals surface area contributed by atoms with Crippen LogP contribution in [0, 0.1) is 0 Å². The number of hydrogen-bond donors (Lipinski definition) is 1. The van der Waals surface area contributed by atoms with Crippen molar-refractivity contribution >= 4 is 11.5 Å². The molecule has 1 atom stereocenters. The Morgan fingerprint density at radius 3 is 2.00 bits per heavy atom. The van der Waals surface area contributed by atoms with Crippen LogP contribution in [0.4, 0.5) is 18.9 Å². The van der Waals surface area contributed by atoms with Crippen molar-refractivity contribution in [1.82, 2.24) is 0 Å². The SMILES string of the molecule is COc1cc(NC(C(=O)C(F)(F)F)c2ccccc2)cc(OC)c1. The number of alkyl halides is 3. The van der Waals surface area contributed by atoms with Gasteiger partial charge in [-0.3, -0.25) is 4.79 Å². The molecule has 0 aliphatic heterocycles. The lowest BCUT2D eigenvalue weighted by atomic mass is 10.0. The van der Waals surface area contributed by atoms with Crippen LogP contribution in [0.2, 0.25) is 0 Å². The van der Waals surface area contributed by atoms with Gasteiger partial charge < -0.3 is 14.8 Å². The number of nitrogens with one attached hydrogen (secondary N) is 1. The zero-order chi connectivity index (χ0) is 17.7. The average molecular weight is 339 g/mol. The maximum absolute atomic E-state index is 12.9. The summed E-state index contributed by atoms with van der Waals surface area (Å²) in [7, 11) is 2.85. The highest BCUT2D eigenvalue weighted by molar-refractivity contribution is 5.92. The molecule has 0 fully saturated rings. The third-order valence-corrected chi connectivity index (χ3v) is 3.34. The van der Waals surface area contributed by atoms with E-state index in [0.29, 0.717) is 11.5 Å². The van der Waals surface area contributed by atoms with Crippen molar-refractivity contribution in [1.29, 1.82) is 0 Å². The predicted octanol–water partition coefficient (Wildman–Crippen LogP) is 3.99. The maximum atomic E-state index is 12.9. The van der Waals surface area contributed by atoms with Gasteiger partial charge in [0.15, 0.2) is 0 Å². The summed E-state index contributed by atoms with van der Waals surface area (Å²) in [5.74, 6) is -1.10. The van der Waals surface area contributed by atoms with Crippen molar-refractivity contribution < 1.29 is 27.4 Å². The molecule has 0 aliphatic rings. The molecule has 1 N–H and O–H groups in total. The Kier molecular flexibility index (Phi) is 5.33. The first-order valence-corrected chi connectivity index (χ1v) is 7.00. The lowest BCUT2D eigenvalue weighted by Gasteiger charge is -2.21. The number of carbonyl (C=O) groups is 1. The Hall–Kier alpha value is -2.70. The van der Waals surface area contributed by atoms with E-state index >= 15 is 0 Å². The molecule has 0 bridgehead atoms. The van der Waals surface area contributed by atoms with Crippen LogP contribution in [0.15, 0.2) is 48.5 Å². The summed E-state index contributed by atoms with van der Waals surface area (Å²) in [5.41, 5.74) is 0.485. The number of carbonyl (C=O) groups excluding carboxylic acids is 1. The molecule has 0 aliphatic carbocycles. The van der Waals surface area contributed by atoms with Gasteiger partial charge in [-0.05, 0) is 5.56 Å². The molecule has 2 aromatic rings. The van der Waals surface area contributed by atoms with Crippen LogP contribution in [0.3, 0.4) is 0 Å². The largest absolute Gasteiger partial charge is 0.497 e. The highest BCUT2D eigenvalue weighted by Crippen LogP contribution is 2.32. The minimum Gasteiger partial charge on any atom is -0.497 e. The Balaban J connectivity index is 2.41. The minimum atomic E-state index is -4.96. The van der Waals surface area contributed by atoms with Crippen molar-refractivity contribution in [3.63, 3.8) is 0 Å². The Morgan fingerprint density at radius 1 is 1.00 bits per heavy atom. The van der Waals surface area contributed by atoms with Gasteiger partial charge in [0.1, 0.15) is 17.5 Å². The molecule has 128 valence electrons. The topological polar surface area (TPSA) is 47.6 Å². The second-order valence-electron chi connectivity index (χ2n) is 4.95. The van der Waals surface area contributed by atoms with Crippen LogP contribution in [0.25, 0.3) is 0 Å². The molecule has 0 saturated carbocycles. The predicted molar refractivity (Wildman–Crippen MR) is 83.4 cm³/mol. The van der Waals surface area contributed by atoms with Gasteiger partial charge in [0.2, 0.25) is 0 Å². The van der Waals surface area contributed by atoms with Crippen molar-refractivity contribution in [2.24, 2.45) is 0 Å². The summed E-state index contributed by atoms with van der Waals surface area (Å²) in [6.07, 6.45) is -4.96. The zero-order valence-electron chi connectivity index (χ0n) is 13.1. The standard InChI is InChI=1S/C17H16F3NO3/c1-23-13-8-12(9-14(10-13)24-2)21-15(16(22)17(18,19)20)11-6-4-3-5-7-11/h3-10,15,21H,1-2H3. The van der Waals surface area contributed by atoms with E-state index in [1.165, 1.54) is 38.5 Å². The van der Waals surface area contributed by atoms with Crippen LogP contribution in [-0.4, -0.2) is 26.2 Å². The lowest BCUT2D eigenvalue weighted by Crippen LogP contribution is -2.33. The summed E-state index contributed by atoms with van der Waals surface area (Å²) < 4.78 is 49.0. The molecule has 0 amide bonds. The van der Waals surface area contributed by atoms with Crippen LogP contribution < -0.4 is 14.8 Å². The summed E-state index contributed by atoms with van der Waals surface area (Å²) >= 11 is 0. The first-order valence-electron chi connectivity index (χ1n) is 7.00. The number of hydrogen-bond acceptors (Lipinski definition) is 4. The van der Waals surface area contributed by atoms with Crippen LogP contribution in [0.1, 0.15) is 11.6 Å². The van der Waals surface area contributed by atoms with Crippen molar-refractivity contribution in [3.8, 4) is 11.5 Å². The first kappa shape index (κ1) is 17.7. The van der Waals surface area contributed by atoms with Gasteiger partial charge in [-0.15, -0.1) is 0 Å². The third-order valence-electron chi connectivity index (χ3n) is 3.34. The van der Waals surface area contributed by atoms with E-state index < -0.39 is 18.0 Å². The maximum Gasteiger partial charge on any atom is 0.452 e. The third kappa shape index (κ3) is 4.18. The van der Waals surface area contributed by atoms with Gasteiger partial charge in [-0.25, -0.2) is 0 Å². The van der Waals surface area contributed by atoms with E-state index in [9.17, 15) is 18.0 Å². The van der Waals surface area contributed by atoms with Crippen LogP contribution >= 0.6 is 0 Å². The van der Waals surface area contributed by atoms with Crippen LogP contribution in [0.5, 0.6) is 11.5 Å². The number of halogens is 3. The Bertz CT molecular complexity index is 680. The molecular weight excluding hydrogens is 323 g/mol. The van der Waals surface area contributed by atoms with Crippen molar-refractivity contribution in [2.75, 3.05) is 19.5 Å². The van der Waals surface area contributed by atoms with E-state index in [-0.39, 0.29) is 11.3 Å². The Labute approximate surface area is 137 Å². The molecule has 2 aromatic carbocycles. The highest BCUT2D eigenvalue weighted by Gasteiger charge is 2.44. The summed E-state index contributed by atoms with van der Waals surface area (Å²) in [4.78, 5) is 11.8. The van der Waals surface area contributed by atoms with Gasteiger partial charge >= 0.3 is 6.18 Å². The average Bonchev–Trinajstić information content (AvgIpc) is 2.58. The summed E-state index contributed by atoms with van der Waals surface area (Å²) in [6, 6.07) is 10.7. The molecule has 0 spiro atoms. The Morgan fingerprint density at radius 2 is 1.54 bits per heavy atom. The molecule has 24 heavy (non-hydrogen) atoms. The minimum absolute atomic E-state index is 0.210. The fourth-order valence-corrected chi connectivity index (χ4v) is 2.17. The van der Waals surface area contributed by atoms with E-state index in [0.717, 1.165) is 0 Å². The summed E-state index contributed by atoms with van der Waals surface area (Å²) in [5, 5.41) is 2.62. The summed E-state index contributed by atoms with van der Waals surface area (Å²) in [6.45, 7) is 0. The molecule has 4 nitrogen and oxygen atoms in total. The molecular formula is C17H16F3NO3. The van der Waals surface area contributed by atoms with Gasteiger partial charge in [0, 0.05) is 23.9 Å². The number of ketones is 1. The zero-order valence-corrected chi connectivity index (χ0v) is 13.1. The van der Waals surface area contributed by atoms with E-state index in [1.54, 1.807) is 24.3 Å². The smallest absolute Gasteiger partial charge is 0.452 e. The number of Topliss-reactive ketones (excluding diaryl/α,β-unsaturated/α-hetero) is 1. The number of ether oxygens (including phenoxy) is 2. The molecule has 0 saturated heterocycles. The molecule has 0 heterocycles. The molecule has 0 radical (unpaired) electrons. The number of rotatable bonds is 6. The molecule has 2 rings (SSSR count). The second-order valence-corrected chi connectivity index (χ2v) is 4.95. The highest BCUT2D eigenvalue weighted by atomic mass is 19.4. The normalized spacial score (nSPS) is 12.4. The van der Waals surface area contributed by atoms with Crippen molar-refractivity contribution in [3.05, 3.63) is 54.1 Å². The van der Waals surface area contributed by atoms with E-state index in [4.69, 9.17) is 9.47 Å². The number of benzene rings is 2. The lowest BCUT2D eigenvalue weighted by molar-refractivity contribution is -0.172. The van der Waals surface area contributed by atoms with Crippen molar-refractivity contribution in [2.45, 2.75) is 12.2 Å². The van der Waals surface area contributed by atoms with Gasteiger partial charge in [0.25, 0.3) is 5.78 Å². The fourth-order valence-electron chi connectivity index (χ4n) is 2.17. The van der Waals surface area contributed by atoms with Gasteiger partial charge in [-0.2, -0.15) is 13.2 Å². The molecule has 0 aromatic heterocycles. The number of anilines is 1. The van der Waals surface area contributed by atoms with Gasteiger partial charge in [-0.1, -0.05) is 30.3 Å². The molecule has 7 heteroatoms. The molecule has 1 unspecified atom stereocenters. The monoisotopic (exact) mass is 339 g/mol. The van der Waals surface area contributed by atoms with Gasteiger partial charge in [0.05, 0.1) is 14.2 Å². The number of methoxy groups -OCH3 is 2. The van der Waals surface area contributed by atoms with E-state index in [1.807, 2.05) is 0 Å². The van der Waals surface area contributed by atoms with Crippen LogP contribution in [-0.2, 0) is 4.79 Å².